The van der Waals surface area contributed by atoms with Gasteiger partial charge in [-0.2, -0.15) is 8.78 Å². The van der Waals surface area contributed by atoms with E-state index >= 15 is 0 Å². The lowest BCUT2D eigenvalue weighted by atomic mass is 10.1. The summed E-state index contributed by atoms with van der Waals surface area (Å²) in [6, 6.07) is 5.54. The molecule has 4 rings (SSSR count). The lowest BCUT2D eigenvalue weighted by Gasteiger charge is -2.29. The molecule has 0 radical (unpaired) electrons. The summed E-state index contributed by atoms with van der Waals surface area (Å²) in [5, 5.41) is -0.971. The van der Waals surface area contributed by atoms with Crippen LogP contribution in [-0.2, 0) is 25.1 Å². The number of ether oxygens (including phenoxy) is 5. The van der Waals surface area contributed by atoms with Gasteiger partial charge in [0.15, 0.2) is 6.29 Å². The van der Waals surface area contributed by atoms with Gasteiger partial charge in [-0.05, 0) is 30.7 Å². The molecule has 0 spiro atoms. The maximum atomic E-state index is 14.7. The number of halogens is 8. The smallest absolute Gasteiger partial charge is 0.429 e. The Bertz CT molecular complexity index is 1450. The Balaban J connectivity index is 1.41. The van der Waals surface area contributed by atoms with Crippen molar-refractivity contribution in [3.8, 4) is 17.6 Å². The highest BCUT2D eigenvalue weighted by Gasteiger charge is 2.41. The van der Waals surface area contributed by atoms with Crippen LogP contribution in [-0.4, -0.2) is 39.1 Å². The van der Waals surface area contributed by atoms with Crippen LogP contribution in [0.25, 0.3) is 0 Å². The Hall–Kier alpha value is -3.34. The molecule has 0 saturated carbocycles. The van der Waals surface area contributed by atoms with Gasteiger partial charge in [0.1, 0.15) is 51.5 Å². The molecule has 0 N–H and O–H groups in total. The summed E-state index contributed by atoms with van der Waals surface area (Å²) in [4.78, 5) is 0. The van der Waals surface area contributed by atoms with E-state index in [0.29, 0.717) is 49.6 Å². The highest BCUT2D eigenvalue weighted by molar-refractivity contribution is 6.30. The van der Waals surface area contributed by atoms with E-state index in [1.54, 1.807) is 0 Å². The molecule has 0 aliphatic carbocycles. The topological polar surface area (TPSA) is 46.2 Å². The summed E-state index contributed by atoms with van der Waals surface area (Å²) in [5.41, 5.74) is -2.02. The second-order valence-corrected chi connectivity index (χ2v) is 9.61. The molecule has 13 heteroatoms. The van der Waals surface area contributed by atoms with Gasteiger partial charge >= 0.3 is 6.11 Å². The molecule has 1 aliphatic heterocycles. The van der Waals surface area contributed by atoms with Gasteiger partial charge in [-0.3, -0.25) is 0 Å². The van der Waals surface area contributed by atoms with Gasteiger partial charge < -0.3 is 23.7 Å². The molecule has 1 fully saturated rings. The van der Waals surface area contributed by atoms with Crippen LogP contribution < -0.4 is 4.74 Å². The minimum atomic E-state index is -4.67. The lowest BCUT2D eigenvalue weighted by molar-refractivity contribution is -0.232. The van der Waals surface area contributed by atoms with Gasteiger partial charge in [0.05, 0.1) is 32.0 Å². The van der Waals surface area contributed by atoms with Crippen molar-refractivity contribution in [2.75, 3.05) is 33.0 Å². The van der Waals surface area contributed by atoms with Crippen LogP contribution in [0.5, 0.6) is 5.75 Å². The van der Waals surface area contributed by atoms with Crippen LogP contribution in [0.3, 0.4) is 0 Å². The summed E-state index contributed by atoms with van der Waals surface area (Å²) < 4.78 is 127. The molecule has 0 amide bonds. The van der Waals surface area contributed by atoms with Crippen LogP contribution in [0.4, 0.5) is 30.7 Å². The summed E-state index contributed by atoms with van der Waals surface area (Å²) in [5.74, 6) is -3.50. The third-order valence-electron chi connectivity index (χ3n) is 5.94. The molecule has 5 nitrogen and oxygen atoms in total. The van der Waals surface area contributed by atoms with Crippen molar-refractivity contribution < 1.29 is 54.4 Å². The summed E-state index contributed by atoms with van der Waals surface area (Å²) in [6.07, 6.45) is -4.93. The molecule has 230 valence electrons. The Morgan fingerprint density at radius 3 is 2.09 bits per heavy atom. The lowest BCUT2D eigenvalue weighted by Crippen LogP contribution is -2.34. The van der Waals surface area contributed by atoms with Gasteiger partial charge in [-0.25, -0.2) is 22.0 Å². The van der Waals surface area contributed by atoms with E-state index in [-0.39, 0.29) is 24.9 Å². The quantitative estimate of drug-likeness (QED) is 0.101. The van der Waals surface area contributed by atoms with E-state index < -0.39 is 63.4 Å². The van der Waals surface area contributed by atoms with Crippen LogP contribution in [0, 0.1) is 40.9 Å². The Labute approximate surface area is 247 Å². The molecule has 3 aromatic rings. The fraction of sp³-hybridized carbons (Fsp3) is 0.333. The standard InChI is InChI=1S/C30H24ClF7O5/c1-2-7-39-8-9-40-21-15-41-29(42-16-21)19-6-5-18(22(32)12-19)4-3-17-10-23(33)27(24(34)11-17)30(37,38)43-20-13-25(35)28(31)26(36)14-20/h5-6,10-14,21,29H,2,7-9,15-16H2,1H3. The maximum Gasteiger partial charge on any atom is 0.432 e. The van der Waals surface area contributed by atoms with Gasteiger partial charge in [0, 0.05) is 29.9 Å². The molecule has 3 aromatic carbocycles. The Morgan fingerprint density at radius 2 is 1.49 bits per heavy atom. The fourth-order valence-corrected chi connectivity index (χ4v) is 4.04. The first-order valence-corrected chi connectivity index (χ1v) is 13.3. The highest BCUT2D eigenvalue weighted by atomic mass is 35.5. The van der Waals surface area contributed by atoms with Gasteiger partial charge in [0.25, 0.3) is 0 Å². The molecule has 1 heterocycles. The van der Waals surface area contributed by atoms with Crippen LogP contribution in [0.2, 0.25) is 5.02 Å². The number of benzene rings is 3. The average Bonchev–Trinajstić information content (AvgIpc) is 2.94. The van der Waals surface area contributed by atoms with Crippen molar-refractivity contribution in [2.24, 2.45) is 0 Å². The Kier molecular flexibility index (Phi) is 10.9. The Morgan fingerprint density at radius 1 is 0.837 bits per heavy atom. The van der Waals surface area contributed by atoms with E-state index in [2.05, 4.69) is 16.6 Å². The predicted molar refractivity (Wildman–Crippen MR) is 140 cm³/mol. The van der Waals surface area contributed by atoms with E-state index in [9.17, 15) is 30.7 Å². The minimum absolute atomic E-state index is 0.154. The zero-order valence-corrected chi connectivity index (χ0v) is 23.3. The van der Waals surface area contributed by atoms with Crippen molar-refractivity contribution >= 4 is 11.6 Å². The van der Waals surface area contributed by atoms with E-state index in [1.165, 1.54) is 12.1 Å². The number of hydrogen-bond acceptors (Lipinski definition) is 5. The largest absolute Gasteiger partial charge is 0.432 e. The SMILES string of the molecule is CCCOCCOC1COC(c2ccc(C#Cc3cc(F)c(C(F)(F)Oc4cc(F)c(Cl)c(F)c4)c(F)c3)c(F)c2)OC1. The van der Waals surface area contributed by atoms with Crippen LogP contribution in [0.15, 0.2) is 42.5 Å². The van der Waals surface area contributed by atoms with Gasteiger partial charge in [-0.15, -0.1) is 0 Å². The second kappa shape index (κ2) is 14.4. The third kappa shape index (κ3) is 8.40. The van der Waals surface area contributed by atoms with Crippen molar-refractivity contribution in [3.63, 3.8) is 0 Å². The minimum Gasteiger partial charge on any atom is -0.429 e. The number of alkyl halides is 2. The van der Waals surface area contributed by atoms with Crippen molar-refractivity contribution in [3.05, 3.63) is 98.8 Å². The zero-order valence-electron chi connectivity index (χ0n) is 22.5. The van der Waals surface area contributed by atoms with Gasteiger partial charge in [-0.1, -0.05) is 36.4 Å². The molecular weight excluding hydrogens is 609 g/mol. The van der Waals surface area contributed by atoms with Crippen LogP contribution in [0.1, 0.15) is 41.9 Å². The summed E-state index contributed by atoms with van der Waals surface area (Å²) >= 11 is 5.29. The maximum absolute atomic E-state index is 14.7. The monoisotopic (exact) mass is 632 g/mol. The van der Waals surface area contributed by atoms with E-state index in [4.69, 9.17) is 30.5 Å². The first-order chi connectivity index (χ1) is 20.5. The summed E-state index contributed by atoms with van der Waals surface area (Å²) in [7, 11) is 0. The van der Waals surface area contributed by atoms with E-state index in [0.717, 1.165) is 12.5 Å². The molecule has 0 bridgehead atoms. The molecule has 1 saturated heterocycles. The molecule has 43 heavy (non-hydrogen) atoms. The molecule has 1 aliphatic rings. The predicted octanol–water partition coefficient (Wildman–Crippen LogP) is 7.42. The van der Waals surface area contributed by atoms with Crippen molar-refractivity contribution in [1.82, 2.24) is 0 Å². The normalized spacial score (nSPS) is 17.0. The average molecular weight is 633 g/mol. The van der Waals surface area contributed by atoms with Crippen molar-refractivity contribution in [2.45, 2.75) is 31.8 Å². The third-order valence-corrected chi connectivity index (χ3v) is 6.30. The molecule has 0 aromatic heterocycles. The second-order valence-electron chi connectivity index (χ2n) is 9.23. The molecule has 0 atom stereocenters. The molecular formula is C30H24ClF7O5. The molecule has 0 unspecified atom stereocenters. The van der Waals surface area contributed by atoms with Crippen LogP contribution >= 0.6 is 11.6 Å². The fourth-order valence-electron chi connectivity index (χ4n) is 3.93. The van der Waals surface area contributed by atoms with Crippen molar-refractivity contribution in [1.29, 1.82) is 0 Å². The summed E-state index contributed by atoms with van der Waals surface area (Å²) in [6.45, 7) is 3.89. The first-order valence-electron chi connectivity index (χ1n) is 12.9. The zero-order chi connectivity index (χ0) is 31.1. The van der Waals surface area contributed by atoms with E-state index in [1.807, 2.05) is 6.92 Å². The number of rotatable bonds is 10. The van der Waals surface area contributed by atoms with Gasteiger partial charge in [0.2, 0.25) is 0 Å². The number of hydrogen-bond donors (Lipinski definition) is 0. The first kappa shape index (κ1) is 32.6. The highest BCUT2D eigenvalue weighted by Crippen LogP contribution is 2.37.